The minimum atomic E-state index is -0.161. The van der Waals surface area contributed by atoms with Crippen LogP contribution in [-0.4, -0.2) is 12.5 Å². The molecule has 1 N–H and O–H groups in total. The first-order valence-corrected chi connectivity index (χ1v) is 4.66. The van der Waals surface area contributed by atoms with Gasteiger partial charge >= 0.3 is 0 Å². The quantitative estimate of drug-likeness (QED) is 0.821. The molecule has 0 saturated heterocycles. The average molecular weight is 244 g/mol. The van der Waals surface area contributed by atoms with Crippen LogP contribution in [0.1, 0.15) is 5.76 Å². The second-order valence-corrected chi connectivity index (χ2v) is 3.23. The van der Waals surface area contributed by atoms with Crippen molar-refractivity contribution in [2.45, 2.75) is 6.42 Å². The van der Waals surface area contributed by atoms with Crippen molar-refractivity contribution in [2.75, 3.05) is 6.54 Å². The summed E-state index contributed by atoms with van der Waals surface area (Å²) in [6, 6.07) is 3.69. The molecule has 0 atom stereocenters. The summed E-state index contributed by atoms with van der Waals surface area (Å²) in [4.78, 5) is 10.7. The summed E-state index contributed by atoms with van der Waals surface area (Å²) in [6.07, 6.45) is 1.93. The second-order valence-electron chi connectivity index (χ2n) is 2.45. The zero-order valence-electron chi connectivity index (χ0n) is 7.05. The van der Waals surface area contributed by atoms with Crippen LogP contribution in [0.4, 0.5) is 0 Å². The number of hydrogen-bond donors (Lipinski definition) is 1. The Balaban J connectivity index is 2.27. The lowest BCUT2D eigenvalue weighted by Gasteiger charge is -1.98. The molecule has 13 heavy (non-hydrogen) atoms. The molecule has 0 bridgehead atoms. The number of furan rings is 1. The Bertz CT molecular complexity index is 306. The SMILES string of the molecule is C=CC(=O)NCCc1ccc(Br)o1. The smallest absolute Gasteiger partial charge is 0.243 e. The van der Waals surface area contributed by atoms with Crippen LogP contribution in [0.25, 0.3) is 0 Å². The van der Waals surface area contributed by atoms with Gasteiger partial charge in [0.1, 0.15) is 5.76 Å². The molecule has 0 aliphatic carbocycles. The largest absolute Gasteiger partial charge is 0.454 e. The Morgan fingerprint density at radius 3 is 3.00 bits per heavy atom. The molecule has 3 nitrogen and oxygen atoms in total. The molecular formula is C9H10BrNO2. The lowest BCUT2D eigenvalue weighted by Crippen LogP contribution is -2.23. The highest BCUT2D eigenvalue weighted by molar-refractivity contribution is 9.10. The van der Waals surface area contributed by atoms with Crippen molar-refractivity contribution in [1.29, 1.82) is 0 Å². The molecule has 4 heteroatoms. The lowest BCUT2D eigenvalue weighted by molar-refractivity contribution is -0.116. The monoisotopic (exact) mass is 243 g/mol. The highest BCUT2D eigenvalue weighted by atomic mass is 79.9. The predicted octanol–water partition coefficient (Wildman–Crippen LogP) is 1.89. The minimum absolute atomic E-state index is 0.161. The van der Waals surface area contributed by atoms with Crippen LogP contribution in [0.2, 0.25) is 0 Å². The van der Waals surface area contributed by atoms with Gasteiger partial charge in [0.2, 0.25) is 5.91 Å². The molecule has 70 valence electrons. The van der Waals surface area contributed by atoms with E-state index in [-0.39, 0.29) is 5.91 Å². The molecule has 1 aromatic rings. The highest BCUT2D eigenvalue weighted by Gasteiger charge is 1.99. The fraction of sp³-hybridized carbons (Fsp3) is 0.222. The molecule has 0 aliphatic heterocycles. The van der Waals surface area contributed by atoms with E-state index >= 15 is 0 Å². The van der Waals surface area contributed by atoms with Crippen LogP contribution in [0.15, 0.2) is 33.9 Å². The van der Waals surface area contributed by atoms with Gasteiger partial charge in [-0.05, 0) is 34.1 Å². The third-order valence-electron chi connectivity index (χ3n) is 1.48. The van der Waals surface area contributed by atoms with E-state index in [9.17, 15) is 4.79 Å². The number of halogens is 1. The van der Waals surface area contributed by atoms with E-state index < -0.39 is 0 Å². The van der Waals surface area contributed by atoms with Gasteiger partial charge < -0.3 is 9.73 Å². The van der Waals surface area contributed by atoms with E-state index in [0.717, 1.165) is 5.76 Å². The molecule has 0 fully saturated rings. The van der Waals surface area contributed by atoms with Crippen LogP contribution in [-0.2, 0) is 11.2 Å². The number of amides is 1. The van der Waals surface area contributed by atoms with E-state index in [4.69, 9.17) is 4.42 Å². The maximum absolute atomic E-state index is 10.7. The first-order chi connectivity index (χ1) is 6.22. The van der Waals surface area contributed by atoms with Crippen molar-refractivity contribution in [3.63, 3.8) is 0 Å². The fourth-order valence-electron chi connectivity index (χ4n) is 0.867. The Kier molecular flexibility index (Phi) is 3.76. The number of carbonyl (C=O) groups is 1. The van der Waals surface area contributed by atoms with Crippen molar-refractivity contribution in [2.24, 2.45) is 0 Å². The van der Waals surface area contributed by atoms with Gasteiger partial charge in [-0.25, -0.2) is 0 Å². The fourth-order valence-corrected chi connectivity index (χ4v) is 1.21. The zero-order chi connectivity index (χ0) is 9.68. The van der Waals surface area contributed by atoms with E-state index in [1.54, 1.807) is 0 Å². The predicted molar refractivity (Wildman–Crippen MR) is 53.3 cm³/mol. The standard InChI is InChI=1S/C9H10BrNO2/c1-2-9(12)11-6-5-7-3-4-8(10)13-7/h2-4H,1,5-6H2,(H,11,12). The summed E-state index contributed by atoms with van der Waals surface area (Å²) in [7, 11) is 0. The van der Waals surface area contributed by atoms with Gasteiger partial charge in [0.05, 0.1) is 0 Å². The Labute approximate surface area is 84.9 Å². The van der Waals surface area contributed by atoms with Gasteiger partial charge in [-0.3, -0.25) is 4.79 Å². The van der Waals surface area contributed by atoms with Crippen molar-refractivity contribution in [3.05, 3.63) is 35.2 Å². The van der Waals surface area contributed by atoms with Gasteiger partial charge in [0.15, 0.2) is 4.67 Å². The van der Waals surface area contributed by atoms with E-state index in [2.05, 4.69) is 27.8 Å². The van der Waals surface area contributed by atoms with Crippen molar-refractivity contribution in [1.82, 2.24) is 5.32 Å². The summed E-state index contributed by atoms with van der Waals surface area (Å²) in [5, 5.41) is 2.66. The summed E-state index contributed by atoms with van der Waals surface area (Å²) < 4.78 is 5.94. The van der Waals surface area contributed by atoms with Crippen LogP contribution in [0.5, 0.6) is 0 Å². The first kappa shape index (κ1) is 10.1. The first-order valence-electron chi connectivity index (χ1n) is 3.87. The molecule has 0 radical (unpaired) electrons. The van der Waals surface area contributed by atoms with Gasteiger partial charge in [-0.2, -0.15) is 0 Å². The summed E-state index contributed by atoms with van der Waals surface area (Å²) in [6.45, 7) is 3.91. The van der Waals surface area contributed by atoms with E-state index in [0.29, 0.717) is 17.6 Å². The zero-order valence-corrected chi connectivity index (χ0v) is 8.63. The Morgan fingerprint density at radius 2 is 2.46 bits per heavy atom. The molecule has 0 aromatic carbocycles. The number of hydrogen-bond acceptors (Lipinski definition) is 2. The van der Waals surface area contributed by atoms with Gasteiger partial charge in [-0.1, -0.05) is 6.58 Å². The van der Waals surface area contributed by atoms with Crippen LogP contribution < -0.4 is 5.32 Å². The number of nitrogens with one attached hydrogen (secondary N) is 1. The molecule has 0 spiro atoms. The highest BCUT2D eigenvalue weighted by Crippen LogP contribution is 2.13. The van der Waals surface area contributed by atoms with Gasteiger partial charge in [-0.15, -0.1) is 0 Å². The topological polar surface area (TPSA) is 42.2 Å². The molecule has 1 heterocycles. The lowest BCUT2D eigenvalue weighted by atomic mass is 10.3. The average Bonchev–Trinajstić information content (AvgIpc) is 2.51. The Hall–Kier alpha value is -1.03. The van der Waals surface area contributed by atoms with Crippen LogP contribution in [0, 0.1) is 0 Å². The third-order valence-corrected chi connectivity index (χ3v) is 1.91. The third kappa shape index (κ3) is 3.46. The minimum Gasteiger partial charge on any atom is -0.454 e. The Morgan fingerprint density at radius 1 is 1.69 bits per heavy atom. The molecular weight excluding hydrogens is 234 g/mol. The summed E-state index contributed by atoms with van der Waals surface area (Å²) in [5.41, 5.74) is 0. The van der Waals surface area contributed by atoms with Gasteiger partial charge in [0, 0.05) is 13.0 Å². The van der Waals surface area contributed by atoms with E-state index in [1.165, 1.54) is 6.08 Å². The second kappa shape index (κ2) is 4.87. The number of rotatable bonds is 4. The van der Waals surface area contributed by atoms with Crippen LogP contribution in [0.3, 0.4) is 0 Å². The maximum Gasteiger partial charge on any atom is 0.243 e. The molecule has 1 amide bonds. The summed E-state index contributed by atoms with van der Waals surface area (Å²) >= 11 is 3.20. The maximum atomic E-state index is 10.7. The van der Waals surface area contributed by atoms with Gasteiger partial charge in [0.25, 0.3) is 0 Å². The van der Waals surface area contributed by atoms with Crippen molar-refractivity contribution in [3.8, 4) is 0 Å². The van der Waals surface area contributed by atoms with Crippen LogP contribution >= 0.6 is 15.9 Å². The molecule has 0 saturated carbocycles. The molecule has 0 unspecified atom stereocenters. The molecule has 0 aliphatic rings. The summed E-state index contributed by atoms with van der Waals surface area (Å²) in [5.74, 6) is 0.682. The van der Waals surface area contributed by atoms with Crippen molar-refractivity contribution < 1.29 is 9.21 Å². The van der Waals surface area contributed by atoms with Crippen molar-refractivity contribution >= 4 is 21.8 Å². The number of carbonyl (C=O) groups excluding carboxylic acids is 1. The molecule has 1 aromatic heterocycles. The normalized spacial score (nSPS) is 9.62. The molecule has 1 rings (SSSR count). The van der Waals surface area contributed by atoms with E-state index in [1.807, 2.05) is 12.1 Å².